The van der Waals surface area contributed by atoms with Gasteiger partial charge in [0.1, 0.15) is 11.5 Å². The van der Waals surface area contributed by atoms with Crippen molar-refractivity contribution >= 4 is 27.3 Å². The van der Waals surface area contributed by atoms with Crippen LogP contribution in [0.4, 0.5) is 15.8 Å². The van der Waals surface area contributed by atoms with Gasteiger partial charge in [-0.3, -0.25) is 10.1 Å². The SMILES string of the molecule is CCCC(CN)Nc1cc(F)c(Br)cc1[N+](=O)[O-]. The third kappa shape index (κ3) is 3.64. The maximum atomic E-state index is 13.4. The van der Waals surface area contributed by atoms with Gasteiger partial charge in [0, 0.05) is 24.7 Å². The van der Waals surface area contributed by atoms with Crippen molar-refractivity contribution in [2.45, 2.75) is 25.8 Å². The summed E-state index contributed by atoms with van der Waals surface area (Å²) >= 11 is 2.93. The molecule has 0 saturated heterocycles. The largest absolute Gasteiger partial charge is 0.375 e. The molecule has 0 aliphatic rings. The zero-order valence-corrected chi connectivity index (χ0v) is 11.5. The van der Waals surface area contributed by atoms with Crippen molar-refractivity contribution in [2.75, 3.05) is 11.9 Å². The van der Waals surface area contributed by atoms with E-state index < -0.39 is 10.7 Å². The van der Waals surface area contributed by atoms with Crippen LogP contribution >= 0.6 is 15.9 Å². The van der Waals surface area contributed by atoms with E-state index in [4.69, 9.17) is 5.73 Å². The zero-order chi connectivity index (χ0) is 13.7. The first-order valence-electron chi connectivity index (χ1n) is 5.59. The molecule has 0 radical (unpaired) electrons. The van der Waals surface area contributed by atoms with E-state index >= 15 is 0 Å². The van der Waals surface area contributed by atoms with Gasteiger partial charge in [0.25, 0.3) is 5.69 Å². The van der Waals surface area contributed by atoms with E-state index in [-0.39, 0.29) is 21.9 Å². The molecule has 5 nitrogen and oxygen atoms in total. The Morgan fingerprint density at radius 2 is 2.28 bits per heavy atom. The molecule has 1 aromatic rings. The summed E-state index contributed by atoms with van der Waals surface area (Å²) in [5, 5.41) is 13.8. The Morgan fingerprint density at radius 1 is 1.61 bits per heavy atom. The van der Waals surface area contributed by atoms with Gasteiger partial charge in [0.2, 0.25) is 0 Å². The van der Waals surface area contributed by atoms with Crippen LogP contribution in [-0.2, 0) is 0 Å². The summed E-state index contributed by atoms with van der Waals surface area (Å²) in [5.74, 6) is -0.546. The fourth-order valence-corrected chi connectivity index (χ4v) is 1.95. The molecule has 0 heterocycles. The molecule has 3 N–H and O–H groups in total. The third-order valence-corrected chi connectivity index (χ3v) is 3.12. The molecule has 0 fully saturated rings. The highest BCUT2D eigenvalue weighted by molar-refractivity contribution is 9.10. The van der Waals surface area contributed by atoms with E-state index in [0.717, 1.165) is 25.0 Å². The van der Waals surface area contributed by atoms with Gasteiger partial charge >= 0.3 is 0 Å². The molecule has 18 heavy (non-hydrogen) atoms. The van der Waals surface area contributed by atoms with Crippen LogP contribution in [0.2, 0.25) is 0 Å². The summed E-state index contributed by atoms with van der Waals surface area (Å²) < 4.78 is 13.5. The van der Waals surface area contributed by atoms with Gasteiger partial charge in [-0.05, 0) is 22.4 Å². The number of nitro benzene ring substituents is 1. The number of rotatable bonds is 6. The summed E-state index contributed by atoms with van der Waals surface area (Å²) in [6.45, 7) is 2.32. The molecule has 1 unspecified atom stereocenters. The Balaban J connectivity index is 3.06. The molecule has 1 atom stereocenters. The van der Waals surface area contributed by atoms with E-state index in [2.05, 4.69) is 21.2 Å². The fourth-order valence-electron chi connectivity index (χ4n) is 1.62. The molecule has 0 saturated carbocycles. The second-order valence-electron chi connectivity index (χ2n) is 3.91. The van der Waals surface area contributed by atoms with Crippen molar-refractivity contribution in [3.8, 4) is 0 Å². The van der Waals surface area contributed by atoms with Crippen molar-refractivity contribution < 1.29 is 9.31 Å². The maximum Gasteiger partial charge on any atom is 0.293 e. The third-order valence-electron chi connectivity index (χ3n) is 2.52. The summed E-state index contributed by atoms with van der Waals surface area (Å²) in [5.41, 5.74) is 5.55. The van der Waals surface area contributed by atoms with E-state index in [9.17, 15) is 14.5 Å². The van der Waals surface area contributed by atoms with Crippen LogP contribution in [0, 0.1) is 15.9 Å². The average Bonchev–Trinajstić information content (AvgIpc) is 2.32. The molecule has 0 aliphatic heterocycles. The highest BCUT2D eigenvalue weighted by atomic mass is 79.9. The first-order valence-corrected chi connectivity index (χ1v) is 6.38. The van der Waals surface area contributed by atoms with Gasteiger partial charge in [-0.15, -0.1) is 0 Å². The molecule has 100 valence electrons. The number of nitrogens with two attached hydrogens (primary N) is 1. The molecule has 0 aromatic heterocycles. The topological polar surface area (TPSA) is 81.2 Å². The van der Waals surface area contributed by atoms with Gasteiger partial charge in [-0.1, -0.05) is 13.3 Å². The number of nitro groups is 1. The maximum absolute atomic E-state index is 13.4. The van der Waals surface area contributed by atoms with E-state index in [1.807, 2.05) is 6.92 Å². The summed E-state index contributed by atoms with van der Waals surface area (Å²) in [6.07, 6.45) is 1.66. The van der Waals surface area contributed by atoms with Gasteiger partial charge in [-0.2, -0.15) is 0 Å². The number of halogens is 2. The highest BCUT2D eigenvalue weighted by Gasteiger charge is 2.19. The smallest absolute Gasteiger partial charge is 0.293 e. The normalized spacial score (nSPS) is 12.2. The Bertz CT molecular complexity index is 443. The second kappa shape index (κ2) is 6.65. The number of hydrogen-bond acceptors (Lipinski definition) is 4. The van der Waals surface area contributed by atoms with E-state index in [0.29, 0.717) is 6.54 Å². The summed E-state index contributed by atoms with van der Waals surface area (Å²) in [6, 6.07) is 2.16. The molecule has 0 bridgehead atoms. The van der Waals surface area contributed by atoms with Gasteiger partial charge in [0.15, 0.2) is 0 Å². The Morgan fingerprint density at radius 3 is 2.78 bits per heavy atom. The van der Waals surface area contributed by atoms with Crippen LogP contribution < -0.4 is 11.1 Å². The van der Waals surface area contributed by atoms with Crippen LogP contribution in [-0.4, -0.2) is 17.5 Å². The predicted octanol–water partition coefficient (Wildman–Crippen LogP) is 3.04. The Hall–Kier alpha value is -1.21. The molecule has 1 rings (SSSR count). The van der Waals surface area contributed by atoms with Crippen LogP contribution in [0.5, 0.6) is 0 Å². The highest BCUT2D eigenvalue weighted by Crippen LogP contribution is 2.31. The van der Waals surface area contributed by atoms with Crippen LogP contribution in [0.25, 0.3) is 0 Å². The zero-order valence-electron chi connectivity index (χ0n) is 9.95. The first kappa shape index (κ1) is 14.8. The van der Waals surface area contributed by atoms with Crippen molar-refractivity contribution in [2.24, 2.45) is 5.73 Å². The quantitative estimate of drug-likeness (QED) is 0.623. The lowest BCUT2D eigenvalue weighted by Crippen LogP contribution is -2.28. The molecule has 7 heteroatoms. The number of hydrogen-bond donors (Lipinski definition) is 2. The minimum atomic E-state index is -0.550. The van der Waals surface area contributed by atoms with Crippen molar-refractivity contribution in [1.29, 1.82) is 0 Å². The number of nitrogens with one attached hydrogen (secondary N) is 1. The monoisotopic (exact) mass is 319 g/mol. The van der Waals surface area contributed by atoms with Crippen molar-refractivity contribution in [3.63, 3.8) is 0 Å². The predicted molar refractivity (Wildman–Crippen MR) is 72.1 cm³/mol. The lowest BCUT2D eigenvalue weighted by Gasteiger charge is -2.17. The lowest BCUT2D eigenvalue weighted by atomic mass is 10.1. The standard InChI is InChI=1S/C11H15BrFN3O2/c1-2-3-7(6-14)15-10-5-9(13)8(12)4-11(10)16(17)18/h4-5,7,15H,2-3,6,14H2,1H3. The molecule has 0 aliphatic carbocycles. The minimum absolute atomic E-state index is 0.0690. The van der Waals surface area contributed by atoms with Crippen LogP contribution in [0.1, 0.15) is 19.8 Å². The average molecular weight is 320 g/mol. The van der Waals surface area contributed by atoms with Crippen LogP contribution in [0.3, 0.4) is 0 Å². The Labute approximate surface area is 113 Å². The van der Waals surface area contributed by atoms with E-state index in [1.165, 1.54) is 0 Å². The van der Waals surface area contributed by atoms with Crippen molar-refractivity contribution in [3.05, 3.63) is 32.5 Å². The van der Waals surface area contributed by atoms with Crippen molar-refractivity contribution in [1.82, 2.24) is 0 Å². The lowest BCUT2D eigenvalue weighted by molar-refractivity contribution is -0.384. The van der Waals surface area contributed by atoms with Gasteiger partial charge in [-0.25, -0.2) is 4.39 Å². The number of anilines is 1. The van der Waals surface area contributed by atoms with Gasteiger partial charge in [0.05, 0.1) is 9.40 Å². The first-order chi connectivity index (χ1) is 8.49. The molecular formula is C11H15BrFN3O2. The minimum Gasteiger partial charge on any atom is -0.375 e. The summed E-state index contributed by atoms with van der Waals surface area (Å²) in [7, 11) is 0. The fraction of sp³-hybridized carbons (Fsp3) is 0.455. The van der Waals surface area contributed by atoms with Crippen LogP contribution in [0.15, 0.2) is 16.6 Å². The summed E-state index contributed by atoms with van der Waals surface area (Å²) in [4.78, 5) is 10.4. The number of benzene rings is 1. The van der Waals surface area contributed by atoms with E-state index in [1.54, 1.807) is 0 Å². The molecule has 0 spiro atoms. The molecular weight excluding hydrogens is 305 g/mol. The number of nitrogens with zero attached hydrogens (tertiary/aromatic N) is 1. The molecule has 1 aromatic carbocycles. The Kier molecular flexibility index (Phi) is 5.49. The molecule has 0 amide bonds. The van der Waals surface area contributed by atoms with Gasteiger partial charge < -0.3 is 11.1 Å². The second-order valence-corrected chi connectivity index (χ2v) is 4.76.